The molecule has 48 valence electrons. The zero-order valence-electron chi connectivity index (χ0n) is 5.98. The van der Waals surface area contributed by atoms with E-state index in [0.29, 0.717) is 0 Å². The molecule has 0 nitrogen and oxygen atoms in total. The first kappa shape index (κ1) is 6.12. The monoisotopic (exact) mass is 112 g/mol. The largest absolute Gasteiger partial charge is 0.0625 e. The summed E-state index contributed by atoms with van der Waals surface area (Å²) in [6.07, 6.45) is 5.89. The van der Waals surface area contributed by atoms with E-state index in [4.69, 9.17) is 0 Å². The first-order chi connectivity index (χ1) is 3.79. The molecule has 0 unspecified atom stereocenters. The number of hydrogen-bond donors (Lipinski definition) is 0. The van der Waals surface area contributed by atoms with E-state index in [0.717, 1.165) is 11.8 Å². The highest BCUT2D eigenvalue weighted by molar-refractivity contribution is 4.65. The van der Waals surface area contributed by atoms with Gasteiger partial charge in [-0.3, -0.25) is 0 Å². The second-order valence-electron chi connectivity index (χ2n) is 3.37. The highest BCUT2D eigenvalue weighted by Crippen LogP contribution is 2.27. The zero-order valence-corrected chi connectivity index (χ0v) is 5.98. The summed E-state index contributed by atoms with van der Waals surface area (Å²) >= 11 is 0. The van der Waals surface area contributed by atoms with Gasteiger partial charge in [-0.2, -0.15) is 0 Å². The van der Waals surface area contributed by atoms with Gasteiger partial charge in [-0.25, -0.2) is 0 Å². The molecule has 1 aliphatic rings. The topological polar surface area (TPSA) is 0 Å². The minimum atomic E-state index is 1.02. The fraction of sp³-hybridized carbons (Fsp3) is 1.00. The lowest BCUT2D eigenvalue weighted by molar-refractivity contribution is 0.308. The van der Waals surface area contributed by atoms with Gasteiger partial charge in [0.25, 0.3) is 0 Å². The van der Waals surface area contributed by atoms with Crippen LogP contribution in [-0.2, 0) is 0 Å². The second kappa shape index (κ2) is 2.52. The molecule has 0 saturated heterocycles. The van der Waals surface area contributed by atoms with E-state index in [1.54, 1.807) is 0 Å². The zero-order chi connectivity index (χ0) is 5.98. The minimum absolute atomic E-state index is 1.02. The molecule has 1 aliphatic carbocycles. The highest BCUT2D eigenvalue weighted by Gasteiger charge is 2.13. The summed E-state index contributed by atoms with van der Waals surface area (Å²) in [5, 5.41) is 0. The van der Waals surface area contributed by atoms with E-state index >= 15 is 0 Å². The SMILES string of the molecule is C[C@H]1CC[C@@H](C)CC1. The van der Waals surface area contributed by atoms with Crippen molar-refractivity contribution in [2.75, 3.05) is 0 Å². The van der Waals surface area contributed by atoms with Crippen LogP contribution >= 0.6 is 0 Å². The van der Waals surface area contributed by atoms with Crippen LogP contribution in [0.15, 0.2) is 0 Å². The van der Waals surface area contributed by atoms with E-state index in [9.17, 15) is 0 Å². The van der Waals surface area contributed by atoms with Gasteiger partial charge in [0, 0.05) is 0 Å². The summed E-state index contributed by atoms with van der Waals surface area (Å²) < 4.78 is 0. The van der Waals surface area contributed by atoms with Crippen molar-refractivity contribution in [2.45, 2.75) is 39.5 Å². The Morgan fingerprint density at radius 1 is 0.750 bits per heavy atom. The summed E-state index contributed by atoms with van der Waals surface area (Å²) in [6.45, 7) is 4.73. The van der Waals surface area contributed by atoms with Gasteiger partial charge in [0.2, 0.25) is 0 Å². The number of hydrogen-bond acceptors (Lipinski definition) is 0. The first-order valence-electron chi connectivity index (χ1n) is 3.79. The molecule has 0 heterocycles. The summed E-state index contributed by atoms with van der Waals surface area (Å²) in [7, 11) is 0. The molecule has 0 aromatic heterocycles. The molecule has 0 bridgehead atoms. The third kappa shape index (κ3) is 1.50. The van der Waals surface area contributed by atoms with Crippen LogP contribution in [0.3, 0.4) is 0 Å². The Bertz CT molecular complexity index is 48.4. The molecule has 0 N–H and O–H groups in total. The van der Waals surface area contributed by atoms with E-state index in [1.165, 1.54) is 25.7 Å². The summed E-state index contributed by atoms with van der Waals surface area (Å²) in [5.74, 6) is 2.04. The Labute approximate surface area is 52.3 Å². The normalized spacial score (nSPS) is 39.8. The van der Waals surface area contributed by atoms with Crippen molar-refractivity contribution >= 4 is 0 Å². The van der Waals surface area contributed by atoms with Crippen LogP contribution in [-0.4, -0.2) is 0 Å². The van der Waals surface area contributed by atoms with Gasteiger partial charge in [0.15, 0.2) is 0 Å². The molecular weight excluding hydrogens is 96.1 g/mol. The van der Waals surface area contributed by atoms with Crippen molar-refractivity contribution in [3.8, 4) is 0 Å². The predicted octanol–water partition coefficient (Wildman–Crippen LogP) is 2.83. The smallest absolute Gasteiger partial charge is 0.0443 e. The Balaban J connectivity index is 2.19. The van der Waals surface area contributed by atoms with Crippen LogP contribution in [0.2, 0.25) is 0 Å². The fourth-order valence-corrected chi connectivity index (χ4v) is 1.43. The van der Waals surface area contributed by atoms with E-state index in [2.05, 4.69) is 13.8 Å². The molecule has 0 atom stereocenters. The average molecular weight is 112 g/mol. The van der Waals surface area contributed by atoms with Crippen molar-refractivity contribution in [1.82, 2.24) is 0 Å². The van der Waals surface area contributed by atoms with Crippen molar-refractivity contribution in [3.63, 3.8) is 0 Å². The standard InChI is InChI=1S/C8H16/c1-7-3-5-8(2)6-4-7/h7-8H,3-6H2,1-2H3/t7-,8+. The van der Waals surface area contributed by atoms with Gasteiger partial charge in [-0.1, -0.05) is 39.5 Å². The van der Waals surface area contributed by atoms with Gasteiger partial charge in [-0.05, 0) is 11.8 Å². The Morgan fingerprint density at radius 2 is 1.00 bits per heavy atom. The first-order valence-corrected chi connectivity index (χ1v) is 3.79. The molecule has 0 spiro atoms. The van der Waals surface area contributed by atoms with Crippen LogP contribution in [0.5, 0.6) is 0 Å². The van der Waals surface area contributed by atoms with Crippen LogP contribution in [0.1, 0.15) is 39.5 Å². The van der Waals surface area contributed by atoms with Gasteiger partial charge < -0.3 is 0 Å². The van der Waals surface area contributed by atoms with Crippen molar-refractivity contribution < 1.29 is 0 Å². The van der Waals surface area contributed by atoms with Gasteiger partial charge in [0.05, 0.1) is 0 Å². The van der Waals surface area contributed by atoms with Crippen LogP contribution in [0.4, 0.5) is 0 Å². The minimum Gasteiger partial charge on any atom is -0.0625 e. The van der Waals surface area contributed by atoms with Gasteiger partial charge in [-0.15, -0.1) is 0 Å². The summed E-state index contributed by atoms with van der Waals surface area (Å²) in [6, 6.07) is 0. The molecule has 0 aliphatic heterocycles. The maximum atomic E-state index is 2.37. The van der Waals surface area contributed by atoms with E-state index in [1.807, 2.05) is 0 Å². The molecule has 0 radical (unpaired) electrons. The van der Waals surface area contributed by atoms with Crippen LogP contribution in [0, 0.1) is 11.8 Å². The quantitative estimate of drug-likeness (QED) is 0.452. The molecule has 8 heavy (non-hydrogen) atoms. The Morgan fingerprint density at radius 3 is 1.25 bits per heavy atom. The molecule has 0 aromatic carbocycles. The molecule has 0 aromatic rings. The Kier molecular flexibility index (Phi) is 1.93. The lowest BCUT2D eigenvalue weighted by atomic mass is 9.84. The molecule has 1 rings (SSSR count). The fourth-order valence-electron chi connectivity index (χ4n) is 1.43. The van der Waals surface area contributed by atoms with Crippen LogP contribution in [0.25, 0.3) is 0 Å². The predicted molar refractivity (Wildman–Crippen MR) is 36.8 cm³/mol. The second-order valence-corrected chi connectivity index (χ2v) is 3.37. The third-order valence-electron chi connectivity index (χ3n) is 2.30. The van der Waals surface area contributed by atoms with E-state index in [-0.39, 0.29) is 0 Å². The lowest BCUT2D eigenvalue weighted by Gasteiger charge is -2.22. The molecule has 1 saturated carbocycles. The summed E-state index contributed by atoms with van der Waals surface area (Å²) in [4.78, 5) is 0. The lowest BCUT2D eigenvalue weighted by Crippen LogP contribution is -2.08. The van der Waals surface area contributed by atoms with E-state index < -0.39 is 0 Å². The van der Waals surface area contributed by atoms with Crippen LogP contribution < -0.4 is 0 Å². The highest BCUT2D eigenvalue weighted by atomic mass is 14.2. The van der Waals surface area contributed by atoms with Crippen molar-refractivity contribution in [1.29, 1.82) is 0 Å². The van der Waals surface area contributed by atoms with Crippen molar-refractivity contribution in [2.24, 2.45) is 11.8 Å². The maximum absolute atomic E-state index is 2.37. The van der Waals surface area contributed by atoms with Crippen molar-refractivity contribution in [3.05, 3.63) is 0 Å². The molecular formula is C8H16. The maximum Gasteiger partial charge on any atom is -0.0443 e. The molecule has 0 amide bonds. The van der Waals surface area contributed by atoms with Gasteiger partial charge in [0.1, 0.15) is 0 Å². The molecule has 0 heteroatoms. The third-order valence-corrected chi connectivity index (χ3v) is 2.30. The number of rotatable bonds is 0. The average Bonchev–Trinajstić information content (AvgIpc) is 1.77. The summed E-state index contributed by atoms with van der Waals surface area (Å²) in [5.41, 5.74) is 0. The van der Waals surface area contributed by atoms with Gasteiger partial charge >= 0.3 is 0 Å². The molecule has 1 fully saturated rings. The Hall–Kier alpha value is 0.